The van der Waals surface area contributed by atoms with Gasteiger partial charge in [0.1, 0.15) is 0 Å². The Hall–Kier alpha value is -2.43. The van der Waals surface area contributed by atoms with E-state index in [1.54, 1.807) is 45.9 Å². The van der Waals surface area contributed by atoms with Crippen molar-refractivity contribution in [1.82, 2.24) is 4.31 Å². The van der Waals surface area contributed by atoms with Gasteiger partial charge in [0.25, 0.3) is 0 Å². The lowest BCUT2D eigenvalue weighted by molar-refractivity contribution is -0.0227. The fourth-order valence-corrected chi connectivity index (χ4v) is 8.20. The van der Waals surface area contributed by atoms with Gasteiger partial charge in [0.05, 0.1) is 33.3 Å². The number of fused-ring (bicyclic) bond motifs is 1. The molecule has 0 aromatic heterocycles. The highest BCUT2D eigenvalue weighted by Gasteiger charge is 2.36. The highest BCUT2D eigenvalue weighted by Crippen LogP contribution is 2.32. The second-order valence-electron chi connectivity index (χ2n) is 11.3. The summed E-state index contributed by atoms with van der Waals surface area (Å²) < 4.78 is 83.4. The molecule has 2 aromatic rings. The van der Waals surface area contributed by atoms with Crippen molar-refractivity contribution in [3.05, 3.63) is 48.4 Å². The molecule has 0 aliphatic rings. The summed E-state index contributed by atoms with van der Waals surface area (Å²) in [5.74, 6) is 1.79. The number of anilines is 1. The molecule has 41 heavy (non-hydrogen) atoms. The second kappa shape index (κ2) is 13.3. The van der Waals surface area contributed by atoms with Crippen molar-refractivity contribution in [1.29, 1.82) is 0 Å². The number of ether oxygens (including phenoxy) is 1. The van der Waals surface area contributed by atoms with Crippen LogP contribution in [0.3, 0.4) is 0 Å². The molecule has 0 saturated heterocycles. The van der Waals surface area contributed by atoms with E-state index in [2.05, 4.69) is 12.5 Å². The van der Waals surface area contributed by atoms with E-state index in [1.165, 1.54) is 6.07 Å². The lowest BCUT2D eigenvalue weighted by Gasteiger charge is -2.30. The summed E-state index contributed by atoms with van der Waals surface area (Å²) in [6.45, 7) is 9.39. The Bertz CT molecular complexity index is 1600. The van der Waals surface area contributed by atoms with E-state index in [9.17, 15) is 25.3 Å². The van der Waals surface area contributed by atoms with Crippen LogP contribution < -0.4 is 4.90 Å². The normalized spacial score (nSPS) is 13.3. The van der Waals surface area contributed by atoms with Crippen LogP contribution in [0.4, 0.5) is 5.69 Å². The quantitative estimate of drug-likeness (QED) is 0.258. The van der Waals surface area contributed by atoms with Gasteiger partial charge >= 0.3 is 0 Å². The third kappa shape index (κ3) is 8.78. The minimum absolute atomic E-state index is 0.0553. The Balaban J connectivity index is 2.21. The van der Waals surface area contributed by atoms with Crippen molar-refractivity contribution in [3.8, 4) is 12.3 Å². The van der Waals surface area contributed by atoms with Crippen LogP contribution in [0.2, 0.25) is 0 Å². The fourth-order valence-electron chi connectivity index (χ4n) is 4.18. The molecular weight excluding hydrogens is 585 g/mol. The third-order valence-corrected chi connectivity index (χ3v) is 12.9. The number of sulfonamides is 1. The number of benzene rings is 2. The van der Waals surface area contributed by atoms with E-state index < -0.39 is 45.8 Å². The van der Waals surface area contributed by atoms with Crippen molar-refractivity contribution in [2.75, 3.05) is 50.2 Å². The number of hydrogen-bond acceptors (Lipinski definition) is 8. The smallest absolute Gasteiger partial charge is 0.244 e. The van der Waals surface area contributed by atoms with E-state index in [1.807, 2.05) is 31.1 Å². The monoisotopic (exact) mass is 626 g/mol. The van der Waals surface area contributed by atoms with Gasteiger partial charge in [0.2, 0.25) is 10.0 Å². The lowest BCUT2D eigenvalue weighted by atomic mass is 10.1. The van der Waals surface area contributed by atoms with Gasteiger partial charge in [0.15, 0.2) is 19.7 Å². The zero-order valence-corrected chi connectivity index (χ0v) is 27.2. The molecule has 0 spiro atoms. The highest BCUT2D eigenvalue weighted by molar-refractivity contribution is 7.94. The summed E-state index contributed by atoms with van der Waals surface area (Å²) >= 11 is 0. The van der Waals surface area contributed by atoms with Gasteiger partial charge in [0, 0.05) is 49.1 Å². The van der Waals surface area contributed by atoms with Gasteiger partial charge < -0.3 is 9.64 Å². The first-order chi connectivity index (χ1) is 18.8. The molecule has 228 valence electrons. The average molecular weight is 627 g/mol. The third-order valence-electron chi connectivity index (χ3n) is 7.12. The number of sulfone groups is 2. The first-order valence-corrected chi connectivity index (χ1v) is 18.0. The molecule has 0 bridgehead atoms. The van der Waals surface area contributed by atoms with Gasteiger partial charge in [-0.2, -0.15) is 4.31 Å². The van der Waals surface area contributed by atoms with Crippen LogP contribution in [0.15, 0.2) is 53.3 Å². The largest absolute Gasteiger partial charge is 0.377 e. The van der Waals surface area contributed by atoms with Gasteiger partial charge in [-0.3, -0.25) is 0 Å². The van der Waals surface area contributed by atoms with Crippen LogP contribution in [0, 0.1) is 12.3 Å². The van der Waals surface area contributed by atoms with Crippen molar-refractivity contribution in [2.24, 2.45) is 0 Å². The van der Waals surface area contributed by atoms with E-state index in [0.717, 1.165) is 20.8 Å². The maximum Gasteiger partial charge on any atom is 0.244 e. The molecule has 0 unspecified atom stereocenters. The number of nitrogens with zero attached hydrogens (tertiary/aromatic N) is 2. The molecule has 0 radical (unpaired) electrons. The molecule has 2 aromatic carbocycles. The molecule has 2 rings (SSSR count). The predicted octanol–water partition coefficient (Wildman–Crippen LogP) is 3.86. The van der Waals surface area contributed by atoms with E-state index in [0.29, 0.717) is 5.39 Å². The molecule has 0 atom stereocenters. The van der Waals surface area contributed by atoms with Gasteiger partial charge in [-0.05, 0) is 52.7 Å². The molecule has 0 N–H and O–H groups in total. The van der Waals surface area contributed by atoms with Crippen LogP contribution in [-0.4, -0.2) is 85.2 Å². The zero-order chi connectivity index (χ0) is 31.3. The maximum absolute atomic E-state index is 13.8. The molecule has 0 amide bonds. The molecule has 0 heterocycles. The van der Waals surface area contributed by atoms with Gasteiger partial charge in [-0.15, -0.1) is 6.42 Å². The number of rotatable bonds is 16. The molecule has 0 aliphatic carbocycles. The van der Waals surface area contributed by atoms with Crippen LogP contribution in [0.25, 0.3) is 10.8 Å². The molecule has 0 fully saturated rings. The minimum Gasteiger partial charge on any atom is -0.377 e. The van der Waals surface area contributed by atoms with Crippen LogP contribution in [-0.2, 0) is 34.4 Å². The van der Waals surface area contributed by atoms with Crippen LogP contribution in [0.1, 0.15) is 40.5 Å². The summed E-state index contributed by atoms with van der Waals surface area (Å²) in [5.41, 5.74) is 0.0542. The first kappa shape index (κ1) is 34.8. The van der Waals surface area contributed by atoms with Gasteiger partial charge in [-0.25, -0.2) is 25.3 Å². The molecule has 0 saturated carbocycles. The maximum atomic E-state index is 13.8. The second-order valence-corrected chi connectivity index (χ2v) is 18.0. The average Bonchev–Trinajstić information content (AvgIpc) is 2.88. The fraction of sp³-hybridized carbons (Fsp3) is 0.517. The van der Waals surface area contributed by atoms with Crippen LogP contribution in [0.5, 0.6) is 0 Å². The van der Waals surface area contributed by atoms with Crippen molar-refractivity contribution < 1.29 is 30.0 Å². The van der Waals surface area contributed by atoms with Crippen molar-refractivity contribution in [2.45, 2.75) is 55.8 Å². The highest BCUT2D eigenvalue weighted by atomic mass is 32.2. The van der Waals surface area contributed by atoms with Gasteiger partial charge in [-0.1, -0.05) is 36.8 Å². The van der Waals surface area contributed by atoms with Crippen molar-refractivity contribution >= 4 is 46.2 Å². The molecule has 9 nitrogen and oxygen atoms in total. The minimum atomic E-state index is -4.13. The summed E-state index contributed by atoms with van der Waals surface area (Å²) in [5, 5.41) is 2.17. The summed E-state index contributed by atoms with van der Waals surface area (Å²) in [7, 11) is -7.58. The SMILES string of the molecule is C#CCN(CCS(=O)(=O)C(C)(C)CCOC(C)(C)CCS(=O)(=O)C=C)S(=O)(=O)c1cccc2c(N(C)C)cccc12. The Morgan fingerprint density at radius 1 is 0.927 bits per heavy atom. The Kier molecular flexibility index (Phi) is 11.2. The molecule has 12 heteroatoms. The number of hydrogen-bond donors (Lipinski definition) is 0. The summed E-state index contributed by atoms with van der Waals surface area (Å²) in [4.78, 5) is 1.94. The standard InChI is InChI=1S/C29H42N2O7S3/c1-9-19-31(41(36,37)27-16-12-13-24-25(27)14-11-15-26(24)30(7)8)20-23-40(34,35)29(5,6)17-21-38-28(3,4)18-22-39(32,33)10-2/h1,10-16H,2,17-23H2,3-8H3. The van der Waals surface area contributed by atoms with E-state index >= 15 is 0 Å². The molecular formula is C29H42N2O7S3. The van der Waals surface area contributed by atoms with Crippen molar-refractivity contribution in [3.63, 3.8) is 0 Å². The Morgan fingerprint density at radius 3 is 2.12 bits per heavy atom. The van der Waals surface area contributed by atoms with Crippen LogP contribution >= 0.6 is 0 Å². The Labute approximate surface area is 246 Å². The lowest BCUT2D eigenvalue weighted by Crippen LogP contribution is -2.42. The number of terminal acetylenes is 1. The Morgan fingerprint density at radius 2 is 1.54 bits per heavy atom. The first-order valence-electron chi connectivity index (χ1n) is 13.1. The molecule has 0 aliphatic heterocycles. The predicted molar refractivity (Wildman–Crippen MR) is 167 cm³/mol. The zero-order valence-electron chi connectivity index (χ0n) is 24.8. The summed E-state index contributed by atoms with van der Waals surface area (Å²) in [6.07, 6.45) is 5.85. The topological polar surface area (TPSA) is 118 Å². The summed E-state index contributed by atoms with van der Waals surface area (Å²) in [6, 6.07) is 10.4. The van der Waals surface area contributed by atoms with E-state index in [4.69, 9.17) is 11.2 Å². The van der Waals surface area contributed by atoms with E-state index in [-0.39, 0.29) is 43.2 Å².